The Hall–Kier alpha value is -3.34. The number of allylic oxidation sites excluding steroid dienone is 1. The number of H-pyrrole nitrogens is 1. The largest absolute Gasteiger partial charge is 0.356 e. The van der Waals surface area contributed by atoms with Crippen molar-refractivity contribution in [2.24, 2.45) is 0 Å². The molecule has 6 rings (SSSR count). The summed E-state index contributed by atoms with van der Waals surface area (Å²) in [5, 5.41) is 1.15. The number of hydrogen-bond donors (Lipinski definition) is 1. The monoisotopic (exact) mass is 481 g/mol. The van der Waals surface area contributed by atoms with Crippen molar-refractivity contribution in [2.45, 2.75) is 70.4 Å². The molecular weight excluding hydrogens is 446 g/mol. The Labute approximate surface area is 213 Å². The van der Waals surface area contributed by atoms with E-state index in [2.05, 4.69) is 61.3 Å². The Morgan fingerprint density at radius 2 is 1.83 bits per heavy atom. The second-order valence-electron chi connectivity index (χ2n) is 10.9. The minimum absolute atomic E-state index is 0.0412. The van der Waals surface area contributed by atoms with Crippen molar-refractivity contribution in [3.05, 3.63) is 82.6 Å². The lowest BCUT2D eigenvalue weighted by atomic mass is 9.85. The Balaban J connectivity index is 1.38. The van der Waals surface area contributed by atoms with Gasteiger partial charge in [-0.1, -0.05) is 68.0 Å². The lowest BCUT2D eigenvalue weighted by molar-refractivity contribution is -0.158. The minimum atomic E-state index is -0.465. The van der Waals surface area contributed by atoms with E-state index < -0.39 is 6.04 Å². The van der Waals surface area contributed by atoms with Crippen LogP contribution in [0.2, 0.25) is 0 Å². The van der Waals surface area contributed by atoms with E-state index in [0.29, 0.717) is 18.9 Å². The molecule has 2 amide bonds. The molecule has 5 nitrogen and oxygen atoms in total. The summed E-state index contributed by atoms with van der Waals surface area (Å²) in [5.41, 5.74) is 7.04. The van der Waals surface area contributed by atoms with E-state index in [1.807, 2.05) is 21.9 Å². The highest BCUT2D eigenvalue weighted by atomic mass is 16.2. The maximum Gasteiger partial charge on any atom is 0.246 e. The van der Waals surface area contributed by atoms with Gasteiger partial charge in [0.05, 0.1) is 12.6 Å². The van der Waals surface area contributed by atoms with Crippen LogP contribution in [-0.4, -0.2) is 45.7 Å². The molecule has 0 bridgehead atoms. The van der Waals surface area contributed by atoms with Crippen LogP contribution in [0.15, 0.2) is 60.2 Å². The molecule has 2 unspecified atom stereocenters. The van der Waals surface area contributed by atoms with E-state index in [1.54, 1.807) is 0 Å². The van der Waals surface area contributed by atoms with Crippen molar-refractivity contribution in [2.75, 3.05) is 13.1 Å². The molecule has 2 atom stereocenters. The molecule has 3 aromatic rings. The summed E-state index contributed by atoms with van der Waals surface area (Å²) in [7, 11) is 0. The highest BCUT2D eigenvalue weighted by molar-refractivity contribution is 5.97. The fourth-order valence-corrected chi connectivity index (χ4v) is 6.33. The third-order valence-electron chi connectivity index (χ3n) is 8.35. The Morgan fingerprint density at radius 3 is 2.58 bits per heavy atom. The predicted molar refractivity (Wildman–Crippen MR) is 143 cm³/mol. The molecule has 3 heterocycles. The third-order valence-corrected chi connectivity index (χ3v) is 8.35. The van der Waals surface area contributed by atoms with Crippen LogP contribution in [0.1, 0.15) is 80.3 Å². The van der Waals surface area contributed by atoms with Crippen molar-refractivity contribution >= 4 is 22.7 Å². The summed E-state index contributed by atoms with van der Waals surface area (Å²) in [4.78, 5) is 34.9. The van der Waals surface area contributed by atoms with Gasteiger partial charge in [0.25, 0.3) is 0 Å². The summed E-state index contributed by atoms with van der Waals surface area (Å²) in [6, 6.07) is 16.1. The van der Waals surface area contributed by atoms with Gasteiger partial charge in [-0.05, 0) is 60.8 Å². The van der Waals surface area contributed by atoms with Gasteiger partial charge in [0, 0.05) is 29.6 Å². The highest BCUT2D eigenvalue weighted by Gasteiger charge is 2.48. The quantitative estimate of drug-likeness (QED) is 0.464. The van der Waals surface area contributed by atoms with Crippen LogP contribution < -0.4 is 0 Å². The molecule has 1 aromatic heterocycles. The number of amides is 2. The lowest BCUT2D eigenvalue weighted by Gasteiger charge is -2.47. The first-order chi connectivity index (χ1) is 17.5. The SMILES string of the molecule is CC(C)c1ccc(C2c3[nH]c4ccccc4c3CC3C(=O)N(CCC4=CCCCC4)CC(=O)N32)cc1. The van der Waals surface area contributed by atoms with E-state index in [0.717, 1.165) is 41.4 Å². The van der Waals surface area contributed by atoms with Crippen molar-refractivity contribution in [1.82, 2.24) is 14.8 Å². The number of benzene rings is 2. The maximum absolute atomic E-state index is 13.9. The van der Waals surface area contributed by atoms with Crippen molar-refractivity contribution < 1.29 is 9.59 Å². The van der Waals surface area contributed by atoms with Gasteiger partial charge >= 0.3 is 0 Å². The average molecular weight is 482 g/mol. The van der Waals surface area contributed by atoms with E-state index in [9.17, 15) is 9.59 Å². The number of hydrogen-bond acceptors (Lipinski definition) is 2. The minimum Gasteiger partial charge on any atom is -0.356 e. The number of nitrogens with one attached hydrogen (secondary N) is 1. The standard InChI is InChI=1S/C31H35N3O2/c1-20(2)22-12-14-23(15-13-22)30-29-25(24-10-6-7-11-26(24)32-29)18-27-31(36)33(19-28(35)34(27)30)17-16-21-8-4-3-5-9-21/h6-8,10-15,20,27,30,32H,3-5,9,16-19H2,1-2H3. The van der Waals surface area contributed by atoms with Crippen molar-refractivity contribution in [1.29, 1.82) is 0 Å². The fraction of sp³-hybridized carbons (Fsp3) is 0.419. The molecule has 186 valence electrons. The van der Waals surface area contributed by atoms with Gasteiger partial charge < -0.3 is 14.8 Å². The number of nitrogens with zero attached hydrogens (tertiary/aromatic N) is 2. The molecule has 36 heavy (non-hydrogen) atoms. The van der Waals surface area contributed by atoms with E-state index >= 15 is 0 Å². The molecule has 1 saturated heterocycles. The smallest absolute Gasteiger partial charge is 0.246 e. The number of aromatic nitrogens is 1. The number of carbonyl (C=O) groups excluding carboxylic acids is 2. The van der Waals surface area contributed by atoms with Crippen LogP contribution in [0.5, 0.6) is 0 Å². The molecule has 0 saturated carbocycles. The van der Waals surface area contributed by atoms with Crippen molar-refractivity contribution in [3.63, 3.8) is 0 Å². The number of carbonyl (C=O) groups is 2. The number of rotatable bonds is 5. The first kappa shape index (κ1) is 23.1. The number of para-hydroxylation sites is 1. The van der Waals surface area contributed by atoms with Gasteiger partial charge in [0.1, 0.15) is 6.04 Å². The van der Waals surface area contributed by atoms with Crippen LogP contribution in [0.3, 0.4) is 0 Å². The molecule has 5 heteroatoms. The number of aromatic amines is 1. The molecule has 2 aliphatic heterocycles. The van der Waals surface area contributed by atoms with Gasteiger partial charge in [-0.15, -0.1) is 0 Å². The normalized spacial score (nSPS) is 22.1. The Kier molecular flexibility index (Phi) is 5.94. The van der Waals surface area contributed by atoms with Crippen LogP contribution in [0.25, 0.3) is 10.9 Å². The van der Waals surface area contributed by atoms with Gasteiger partial charge in [-0.2, -0.15) is 0 Å². The topological polar surface area (TPSA) is 56.4 Å². The van der Waals surface area contributed by atoms with Crippen LogP contribution >= 0.6 is 0 Å². The molecule has 1 fully saturated rings. The zero-order chi connectivity index (χ0) is 24.8. The van der Waals surface area contributed by atoms with Gasteiger partial charge in [0.2, 0.25) is 11.8 Å². The molecule has 1 N–H and O–H groups in total. The fourth-order valence-electron chi connectivity index (χ4n) is 6.33. The van der Waals surface area contributed by atoms with Gasteiger partial charge in [0.15, 0.2) is 0 Å². The van der Waals surface area contributed by atoms with Crippen LogP contribution in [0.4, 0.5) is 0 Å². The first-order valence-corrected chi connectivity index (χ1v) is 13.5. The van der Waals surface area contributed by atoms with E-state index in [4.69, 9.17) is 0 Å². The molecule has 2 aromatic carbocycles. The maximum atomic E-state index is 13.9. The average Bonchev–Trinajstić information content (AvgIpc) is 3.28. The van der Waals surface area contributed by atoms with Gasteiger partial charge in [-0.25, -0.2) is 0 Å². The Bertz CT molecular complexity index is 1330. The van der Waals surface area contributed by atoms with Gasteiger partial charge in [-0.3, -0.25) is 9.59 Å². The van der Waals surface area contributed by atoms with Crippen molar-refractivity contribution in [3.8, 4) is 0 Å². The number of fused-ring (bicyclic) bond motifs is 4. The predicted octanol–water partition coefficient (Wildman–Crippen LogP) is 5.87. The third kappa shape index (κ3) is 3.95. The summed E-state index contributed by atoms with van der Waals surface area (Å²) in [6.45, 7) is 5.17. The molecular formula is C31H35N3O2. The molecule has 0 radical (unpaired) electrons. The lowest BCUT2D eigenvalue weighted by Crippen LogP contribution is -2.63. The molecule has 1 aliphatic carbocycles. The number of piperazine rings is 1. The van der Waals surface area contributed by atoms with E-state index in [1.165, 1.54) is 29.5 Å². The highest BCUT2D eigenvalue weighted by Crippen LogP contribution is 2.42. The summed E-state index contributed by atoms with van der Waals surface area (Å²) in [5.74, 6) is 0.568. The second-order valence-corrected chi connectivity index (χ2v) is 10.9. The van der Waals surface area contributed by atoms with Crippen LogP contribution in [0, 0.1) is 0 Å². The second kappa shape index (κ2) is 9.27. The zero-order valence-electron chi connectivity index (χ0n) is 21.3. The Morgan fingerprint density at radius 1 is 1.03 bits per heavy atom. The first-order valence-electron chi connectivity index (χ1n) is 13.5. The van der Waals surface area contributed by atoms with Crippen LogP contribution in [-0.2, 0) is 16.0 Å². The summed E-state index contributed by atoms with van der Waals surface area (Å²) < 4.78 is 0. The summed E-state index contributed by atoms with van der Waals surface area (Å²) in [6.07, 6.45) is 8.53. The molecule has 3 aliphatic rings. The summed E-state index contributed by atoms with van der Waals surface area (Å²) >= 11 is 0. The van der Waals surface area contributed by atoms with E-state index in [-0.39, 0.29) is 24.4 Å². The zero-order valence-corrected chi connectivity index (χ0v) is 21.3. The molecule has 0 spiro atoms.